The molecule has 20 heteroatoms. The topological polar surface area (TPSA) is 130 Å². The Kier molecular flexibility index (Phi) is 11.4. The molecule has 0 spiro atoms. The maximum atomic E-state index is 13.7. The van der Waals surface area contributed by atoms with Crippen molar-refractivity contribution < 1.29 is 49.0 Å². The van der Waals surface area contributed by atoms with Gasteiger partial charge in [-0.2, -0.15) is 14.3 Å². The average Bonchev–Trinajstić information content (AvgIpc) is 3.47. The average molecular weight is 736 g/mol. The molecule has 1 amide bonds. The highest BCUT2D eigenvalue weighted by molar-refractivity contribution is 7.89. The normalized spacial score (nSPS) is 15.7. The Hall–Kier alpha value is -4.43. The van der Waals surface area contributed by atoms with Gasteiger partial charge in [-0.25, -0.2) is 13.4 Å². The van der Waals surface area contributed by atoms with E-state index in [2.05, 4.69) is 29.7 Å². The van der Waals surface area contributed by atoms with Crippen molar-refractivity contribution in [1.82, 2.24) is 24.6 Å². The molecule has 1 aliphatic heterocycles. The van der Waals surface area contributed by atoms with Crippen molar-refractivity contribution in [3.05, 3.63) is 60.3 Å². The van der Waals surface area contributed by atoms with Crippen molar-refractivity contribution >= 4 is 48.7 Å². The van der Waals surface area contributed by atoms with Gasteiger partial charge in [-0.1, -0.05) is 37.3 Å². The molecule has 266 valence electrons. The van der Waals surface area contributed by atoms with E-state index in [1.807, 2.05) is 13.8 Å². The lowest BCUT2D eigenvalue weighted by Gasteiger charge is -2.39. The minimum atomic E-state index is -4.98. The number of anilines is 2. The third-order valence-electron chi connectivity index (χ3n) is 6.72. The van der Waals surface area contributed by atoms with Gasteiger partial charge in [-0.05, 0) is 42.0 Å². The van der Waals surface area contributed by atoms with Crippen LogP contribution in [0.15, 0.2) is 59.6 Å². The van der Waals surface area contributed by atoms with Gasteiger partial charge in [0.15, 0.2) is 10.8 Å². The molecular formula is C29H31F6N7O5S2. The third kappa shape index (κ3) is 9.60. The lowest BCUT2D eigenvalue weighted by molar-refractivity contribution is -0.275. The Morgan fingerprint density at radius 2 is 1.51 bits per heavy atom. The number of hydrogen-bond donors (Lipinski definition) is 1. The summed E-state index contributed by atoms with van der Waals surface area (Å²) >= 11 is 1.24. The van der Waals surface area contributed by atoms with Crippen LogP contribution in [0.2, 0.25) is 0 Å². The first-order valence-corrected chi connectivity index (χ1v) is 16.8. The highest BCUT2D eigenvalue weighted by Crippen LogP contribution is 2.32. The molecule has 2 aromatic carbocycles. The summed E-state index contributed by atoms with van der Waals surface area (Å²) in [6.45, 7) is 3.58. The Balaban J connectivity index is 0.00000265. The van der Waals surface area contributed by atoms with Crippen LogP contribution in [0, 0.1) is 0 Å². The van der Waals surface area contributed by atoms with E-state index in [-0.39, 0.29) is 31.1 Å². The molecule has 0 bridgehead atoms. The number of carbonyl (C=O) groups is 1. The number of alkyl halides is 6. The third-order valence-corrected chi connectivity index (χ3v) is 9.68. The fraction of sp³-hybridized carbons (Fsp3) is 0.379. The highest BCUT2D eigenvalue weighted by Gasteiger charge is 2.41. The second-order valence-electron chi connectivity index (χ2n) is 10.3. The maximum Gasteiger partial charge on any atom is 0.573 e. The molecular weight excluding hydrogens is 704 g/mol. The number of thiazole rings is 1. The number of carbonyl (C=O) groups excluding carboxylic acids is 1. The van der Waals surface area contributed by atoms with E-state index in [1.54, 1.807) is 30.1 Å². The molecule has 2 aromatic heterocycles. The van der Waals surface area contributed by atoms with E-state index in [9.17, 15) is 39.6 Å². The lowest BCUT2D eigenvalue weighted by Crippen LogP contribution is -2.60. The molecule has 1 saturated heterocycles. The standard InChI is InChI=1S/C27H25F6N7O5S2.C2H6/c1-38(2)24-35-14-21-22(36-24)37-25(46-21)39-11-12-40(47(42,43)19-9-7-18(8-10-19)45-27(31,32)33)20(15-39)23(41)34-13-16-3-5-17(6-4-16)44-26(28,29)30;1-2/h3-10,14,20H,11-13,15H2,1-2H3,(H,34,41);1-2H3/t20-;/m1./s1. The van der Waals surface area contributed by atoms with Crippen LogP contribution in [0.3, 0.4) is 0 Å². The first-order valence-electron chi connectivity index (χ1n) is 14.5. The number of aromatic nitrogens is 3. The molecule has 12 nitrogen and oxygen atoms in total. The molecule has 3 heterocycles. The minimum absolute atomic E-state index is 0.104. The summed E-state index contributed by atoms with van der Waals surface area (Å²) in [5, 5.41) is 3.07. The summed E-state index contributed by atoms with van der Waals surface area (Å²) in [6, 6.07) is 6.98. The van der Waals surface area contributed by atoms with Crippen LogP contribution in [0.1, 0.15) is 19.4 Å². The van der Waals surface area contributed by atoms with Crippen molar-refractivity contribution in [2.24, 2.45) is 0 Å². The molecule has 0 saturated carbocycles. The van der Waals surface area contributed by atoms with Crippen LogP contribution in [0.4, 0.5) is 37.4 Å². The SMILES string of the molecule is CC.CN(C)c1ncc2sc(N3CCN(S(=O)(=O)c4ccc(OC(F)(F)F)cc4)[C@@H](C(=O)NCc4ccc(OC(F)(F)F)cc4)C3)nc2n1. The number of sulfonamides is 1. The number of piperazine rings is 1. The number of hydrogen-bond acceptors (Lipinski definition) is 11. The van der Waals surface area contributed by atoms with Crippen LogP contribution in [-0.4, -0.2) is 86.1 Å². The predicted molar refractivity (Wildman–Crippen MR) is 169 cm³/mol. The Bertz CT molecular complexity index is 1840. The Morgan fingerprint density at radius 1 is 0.939 bits per heavy atom. The van der Waals surface area contributed by atoms with Crippen LogP contribution in [-0.2, 0) is 21.4 Å². The molecule has 4 aromatic rings. The molecule has 5 rings (SSSR count). The van der Waals surface area contributed by atoms with Gasteiger partial charge in [0.2, 0.25) is 21.9 Å². The number of amides is 1. The van der Waals surface area contributed by atoms with E-state index in [0.29, 0.717) is 27.0 Å². The largest absolute Gasteiger partial charge is 0.573 e. The number of halogens is 6. The van der Waals surface area contributed by atoms with Gasteiger partial charge in [0.05, 0.1) is 15.8 Å². The molecule has 1 fully saturated rings. The Morgan fingerprint density at radius 3 is 2.06 bits per heavy atom. The van der Waals surface area contributed by atoms with Gasteiger partial charge < -0.3 is 24.6 Å². The van der Waals surface area contributed by atoms with Gasteiger partial charge in [-0.15, -0.1) is 26.3 Å². The fourth-order valence-corrected chi connectivity index (χ4v) is 7.06. The zero-order valence-electron chi connectivity index (χ0n) is 26.4. The van der Waals surface area contributed by atoms with Gasteiger partial charge in [0.1, 0.15) is 17.5 Å². The van der Waals surface area contributed by atoms with Crippen molar-refractivity contribution in [2.75, 3.05) is 43.5 Å². The summed E-state index contributed by atoms with van der Waals surface area (Å²) in [5.41, 5.74) is 0.801. The van der Waals surface area contributed by atoms with Crippen LogP contribution < -0.4 is 24.6 Å². The van der Waals surface area contributed by atoms with Crippen molar-refractivity contribution in [2.45, 2.75) is 44.1 Å². The maximum absolute atomic E-state index is 13.7. The zero-order chi connectivity index (χ0) is 36.1. The van der Waals surface area contributed by atoms with E-state index >= 15 is 0 Å². The van der Waals surface area contributed by atoms with E-state index in [4.69, 9.17) is 0 Å². The molecule has 1 aliphatic rings. The summed E-state index contributed by atoms with van der Waals surface area (Å²) < 4.78 is 112. The van der Waals surface area contributed by atoms with Gasteiger partial charge in [-0.3, -0.25) is 4.79 Å². The second kappa shape index (κ2) is 15.0. The number of ether oxygens (including phenoxy) is 2. The molecule has 0 unspecified atom stereocenters. The smallest absolute Gasteiger partial charge is 0.406 e. The first-order chi connectivity index (χ1) is 23.0. The lowest BCUT2D eigenvalue weighted by atomic mass is 10.1. The first kappa shape index (κ1) is 37.4. The highest BCUT2D eigenvalue weighted by atomic mass is 32.2. The Labute approximate surface area is 281 Å². The molecule has 49 heavy (non-hydrogen) atoms. The van der Waals surface area contributed by atoms with Crippen LogP contribution in [0.5, 0.6) is 11.5 Å². The molecule has 1 atom stereocenters. The zero-order valence-corrected chi connectivity index (χ0v) is 28.0. The van der Waals surface area contributed by atoms with E-state index < -0.39 is 46.2 Å². The number of fused-ring (bicyclic) bond motifs is 1. The van der Waals surface area contributed by atoms with E-state index in [1.165, 1.54) is 23.5 Å². The quantitative estimate of drug-likeness (QED) is 0.230. The van der Waals surface area contributed by atoms with Gasteiger partial charge >= 0.3 is 12.7 Å². The van der Waals surface area contributed by atoms with Crippen LogP contribution in [0.25, 0.3) is 10.3 Å². The van der Waals surface area contributed by atoms with Crippen LogP contribution >= 0.6 is 11.3 Å². The summed E-state index contributed by atoms with van der Waals surface area (Å²) in [6.07, 6.45) is -8.26. The number of benzene rings is 2. The monoisotopic (exact) mass is 735 g/mol. The van der Waals surface area contributed by atoms with Crippen molar-refractivity contribution in [3.63, 3.8) is 0 Å². The summed E-state index contributed by atoms with van der Waals surface area (Å²) in [4.78, 5) is 29.8. The number of rotatable bonds is 9. The summed E-state index contributed by atoms with van der Waals surface area (Å²) in [7, 11) is -0.901. The molecule has 0 aliphatic carbocycles. The van der Waals surface area contributed by atoms with Crippen molar-refractivity contribution in [1.29, 1.82) is 0 Å². The summed E-state index contributed by atoms with van der Waals surface area (Å²) in [5.74, 6) is -1.40. The van der Waals surface area contributed by atoms with Crippen molar-refractivity contribution in [3.8, 4) is 11.5 Å². The number of nitrogens with zero attached hydrogens (tertiary/aromatic N) is 6. The fourth-order valence-electron chi connectivity index (χ4n) is 4.57. The van der Waals surface area contributed by atoms with Gasteiger partial charge in [0.25, 0.3) is 0 Å². The molecule has 0 radical (unpaired) electrons. The molecule has 1 N–H and O–H groups in total. The predicted octanol–water partition coefficient (Wildman–Crippen LogP) is 5.17. The van der Waals surface area contributed by atoms with Gasteiger partial charge in [0, 0.05) is 40.3 Å². The van der Waals surface area contributed by atoms with E-state index in [0.717, 1.165) is 40.7 Å². The number of nitrogens with one attached hydrogen (secondary N) is 1. The minimum Gasteiger partial charge on any atom is -0.406 e. The second-order valence-corrected chi connectivity index (χ2v) is 13.2.